The van der Waals surface area contributed by atoms with Gasteiger partial charge in [-0.2, -0.15) is 0 Å². The molecule has 2 aromatic rings. The van der Waals surface area contributed by atoms with Crippen LogP contribution in [0.3, 0.4) is 0 Å². The van der Waals surface area contributed by atoms with Crippen molar-refractivity contribution in [2.24, 2.45) is 0 Å². The average Bonchev–Trinajstić information content (AvgIpc) is 2.66. The highest BCUT2D eigenvalue weighted by molar-refractivity contribution is 9.10. The molecule has 1 heterocycles. The summed E-state index contributed by atoms with van der Waals surface area (Å²) in [6.07, 6.45) is 0. The molecule has 6 nitrogen and oxygen atoms in total. The summed E-state index contributed by atoms with van der Waals surface area (Å²) in [6, 6.07) is 7.31. The number of nitrogens with zero attached hydrogens (tertiary/aromatic N) is 4. The Morgan fingerprint density at radius 1 is 1.38 bits per heavy atom. The number of tetrazole rings is 1. The third-order valence-corrected chi connectivity index (χ3v) is 2.45. The lowest BCUT2D eigenvalue weighted by Crippen LogP contribution is -2.11. The van der Waals surface area contributed by atoms with Gasteiger partial charge in [0, 0.05) is 10.0 Å². The minimum Gasteiger partial charge on any atom is -0.480 e. The molecule has 0 spiro atoms. The van der Waals surface area contributed by atoms with E-state index >= 15 is 0 Å². The van der Waals surface area contributed by atoms with E-state index in [0.717, 1.165) is 10.0 Å². The molecule has 82 valence electrons. The Morgan fingerprint density at radius 3 is 2.69 bits per heavy atom. The number of carboxylic acid groups (broad SMARTS) is 1. The van der Waals surface area contributed by atoms with E-state index < -0.39 is 5.97 Å². The second-order valence-electron chi connectivity index (χ2n) is 3.06. The topological polar surface area (TPSA) is 80.9 Å². The lowest BCUT2D eigenvalue weighted by Gasteiger charge is -2.01. The van der Waals surface area contributed by atoms with Crippen LogP contribution in [-0.4, -0.2) is 31.3 Å². The first-order chi connectivity index (χ1) is 7.66. The number of hydrogen-bond acceptors (Lipinski definition) is 4. The van der Waals surface area contributed by atoms with Crippen LogP contribution in [-0.2, 0) is 11.3 Å². The van der Waals surface area contributed by atoms with E-state index in [1.165, 1.54) is 4.68 Å². The van der Waals surface area contributed by atoms with Gasteiger partial charge in [0.15, 0.2) is 5.82 Å². The fourth-order valence-electron chi connectivity index (χ4n) is 1.24. The molecule has 0 aliphatic rings. The number of carboxylic acids is 1. The second kappa shape index (κ2) is 4.40. The molecule has 1 aromatic heterocycles. The molecule has 7 heteroatoms. The van der Waals surface area contributed by atoms with E-state index in [1.54, 1.807) is 0 Å². The van der Waals surface area contributed by atoms with Crippen LogP contribution in [0.25, 0.3) is 11.4 Å². The Balaban J connectivity index is 2.36. The fraction of sp³-hybridized carbons (Fsp3) is 0.111. The van der Waals surface area contributed by atoms with Crippen LogP contribution in [0, 0.1) is 0 Å². The molecule has 0 radical (unpaired) electrons. The zero-order valence-electron chi connectivity index (χ0n) is 8.04. The van der Waals surface area contributed by atoms with Gasteiger partial charge >= 0.3 is 5.97 Å². The molecular weight excluding hydrogens is 276 g/mol. The highest BCUT2D eigenvalue weighted by Crippen LogP contribution is 2.18. The minimum absolute atomic E-state index is 0.252. The first kappa shape index (κ1) is 10.7. The van der Waals surface area contributed by atoms with Crippen molar-refractivity contribution in [2.45, 2.75) is 6.54 Å². The molecule has 0 fully saturated rings. The Morgan fingerprint density at radius 2 is 2.06 bits per heavy atom. The predicted octanol–water partition coefficient (Wildman–Crippen LogP) is 1.19. The monoisotopic (exact) mass is 282 g/mol. The maximum Gasteiger partial charge on any atom is 0.325 e. The summed E-state index contributed by atoms with van der Waals surface area (Å²) < 4.78 is 2.18. The van der Waals surface area contributed by atoms with Crippen molar-refractivity contribution >= 4 is 21.9 Å². The van der Waals surface area contributed by atoms with E-state index in [4.69, 9.17) is 5.11 Å². The molecule has 0 saturated heterocycles. The third-order valence-electron chi connectivity index (χ3n) is 1.92. The van der Waals surface area contributed by atoms with Crippen LogP contribution in [0.15, 0.2) is 28.7 Å². The van der Waals surface area contributed by atoms with Gasteiger partial charge in [-0.05, 0) is 22.6 Å². The summed E-state index contributed by atoms with van der Waals surface area (Å²) in [5.41, 5.74) is 0.773. The van der Waals surface area contributed by atoms with Crippen molar-refractivity contribution in [3.63, 3.8) is 0 Å². The summed E-state index contributed by atoms with van der Waals surface area (Å²) in [5, 5.41) is 19.5. The number of halogens is 1. The maximum atomic E-state index is 10.6. The molecule has 16 heavy (non-hydrogen) atoms. The van der Waals surface area contributed by atoms with Crippen LogP contribution >= 0.6 is 15.9 Å². The summed E-state index contributed by atoms with van der Waals surface area (Å²) in [7, 11) is 0. The van der Waals surface area contributed by atoms with Crippen molar-refractivity contribution in [3.05, 3.63) is 28.7 Å². The summed E-state index contributed by atoms with van der Waals surface area (Å²) in [6.45, 7) is -0.252. The van der Waals surface area contributed by atoms with Gasteiger partial charge in [-0.3, -0.25) is 4.79 Å². The van der Waals surface area contributed by atoms with E-state index in [9.17, 15) is 4.79 Å². The summed E-state index contributed by atoms with van der Waals surface area (Å²) in [5.74, 6) is -0.541. The van der Waals surface area contributed by atoms with Crippen molar-refractivity contribution in [3.8, 4) is 11.4 Å². The number of rotatable bonds is 3. The average molecular weight is 283 g/mol. The second-order valence-corrected chi connectivity index (χ2v) is 3.98. The Bertz CT molecular complexity index is 508. The van der Waals surface area contributed by atoms with Crippen LogP contribution < -0.4 is 0 Å². The molecule has 0 unspecified atom stereocenters. The van der Waals surface area contributed by atoms with Crippen LogP contribution in [0.1, 0.15) is 0 Å². The molecule has 1 N–H and O–H groups in total. The number of aliphatic carboxylic acids is 1. The molecular formula is C9H7BrN4O2. The van der Waals surface area contributed by atoms with Gasteiger partial charge in [0.05, 0.1) is 0 Å². The van der Waals surface area contributed by atoms with Crippen molar-refractivity contribution < 1.29 is 9.90 Å². The van der Waals surface area contributed by atoms with E-state index in [1.807, 2.05) is 24.3 Å². The lowest BCUT2D eigenvalue weighted by molar-refractivity contribution is -0.137. The third kappa shape index (κ3) is 2.25. The molecule has 2 rings (SSSR count). The van der Waals surface area contributed by atoms with Gasteiger partial charge in [-0.25, -0.2) is 4.68 Å². The van der Waals surface area contributed by atoms with E-state index in [-0.39, 0.29) is 6.54 Å². The molecule has 1 aromatic carbocycles. The van der Waals surface area contributed by atoms with Crippen molar-refractivity contribution in [2.75, 3.05) is 0 Å². The molecule has 0 atom stereocenters. The fourth-order valence-corrected chi connectivity index (χ4v) is 1.51. The zero-order chi connectivity index (χ0) is 11.5. The molecule has 0 saturated carbocycles. The molecule has 0 aliphatic carbocycles. The largest absolute Gasteiger partial charge is 0.480 e. The van der Waals surface area contributed by atoms with Crippen LogP contribution in [0.2, 0.25) is 0 Å². The van der Waals surface area contributed by atoms with Gasteiger partial charge in [-0.1, -0.05) is 28.1 Å². The van der Waals surface area contributed by atoms with Crippen LogP contribution in [0.4, 0.5) is 0 Å². The SMILES string of the molecule is O=C(O)Cn1nnnc1-c1ccc(Br)cc1. The van der Waals surface area contributed by atoms with Gasteiger partial charge in [-0.15, -0.1) is 5.10 Å². The van der Waals surface area contributed by atoms with Gasteiger partial charge in [0.1, 0.15) is 6.54 Å². The number of aromatic nitrogens is 4. The number of carbonyl (C=O) groups is 1. The quantitative estimate of drug-likeness (QED) is 0.915. The maximum absolute atomic E-state index is 10.6. The number of hydrogen-bond donors (Lipinski definition) is 1. The molecule has 0 aliphatic heterocycles. The van der Waals surface area contributed by atoms with E-state index in [2.05, 4.69) is 31.5 Å². The minimum atomic E-state index is -0.981. The molecule has 0 amide bonds. The first-order valence-electron chi connectivity index (χ1n) is 4.41. The molecule has 0 bridgehead atoms. The number of benzene rings is 1. The first-order valence-corrected chi connectivity index (χ1v) is 5.20. The summed E-state index contributed by atoms with van der Waals surface area (Å²) >= 11 is 3.31. The standard InChI is InChI=1S/C9H7BrN4O2/c10-7-3-1-6(2-4-7)9-11-12-13-14(9)5-8(15)16/h1-4H,5H2,(H,15,16). The smallest absolute Gasteiger partial charge is 0.325 e. The van der Waals surface area contributed by atoms with Gasteiger partial charge < -0.3 is 5.11 Å². The van der Waals surface area contributed by atoms with Gasteiger partial charge in [0.25, 0.3) is 0 Å². The Labute approximate surface area is 99.0 Å². The Kier molecular flexibility index (Phi) is 2.95. The van der Waals surface area contributed by atoms with E-state index in [0.29, 0.717) is 5.82 Å². The van der Waals surface area contributed by atoms with Gasteiger partial charge in [0.2, 0.25) is 0 Å². The zero-order valence-corrected chi connectivity index (χ0v) is 9.62. The normalized spacial score (nSPS) is 10.3. The predicted molar refractivity (Wildman–Crippen MR) is 58.6 cm³/mol. The lowest BCUT2D eigenvalue weighted by atomic mass is 10.2. The van der Waals surface area contributed by atoms with Crippen molar-refractivity contribution in [1.29, 1.82) is 0 Å². The highest BCUT2D eigenvalue weighted by atomic mass is 79.9. The van der Waals surface area contributed by atoms with Crippen molar-refractivity contribution in [1.82, 2.24) is 20.2 Å². The highest BCUT2D eigenvalue weighted by Gasteiger charge is 2.10. The Hall–Kier alpha value is -1.76. The van der Waals surface area contributed by atoms with Crippen LogP contribution in [0.5, 0.6) is 0 Å². The summed E-state index contributed by atoms with van der Waals surface area (Å²) in [4.78, 5) is 10.6.